The number of sulfonamides is 1. The monoisotopic (exact) mass is 272 g/mol. The average Bonchev–Trinajstić information content (AvgIpc) is 2.28. The van der Waals surface area contributed by atoms with E-state index in [1.807, 2.05) is 19.0 Å². The van der Waals surface area contributed by atoms with Crippen LogP contribution >= 0.6 is 0 Å². The lowest BCUT2D eigenvalue weighted by atomic mass is 10.4. The van der Waals surface area contributed by atoms with Crippen molar-refractivity contribution in [1.82, 2.24) is 14.2 Å². The lowest BCUT2D eigenvalue weighted by Crippen LogP contribution is -2.30. The predicted molar refractivity (Wildman–Crippen MR) is 71.6 cm³/mol. The van der Waals surface area contributed by atoms with Crippen LogP contribution in [0.3, 0.4) is 0 Å². The first-order chi connectivity index (χ1) is 8.34. The van der Waals surface area contributed by atoms with E-state index in [-0.39, 0.29) is 4.90 Å². The minimum atomic E-state index is -3.46. The lowest BCUT2D eigenvalue weighted by molar-refractivity contribution is 0.370. The number of nitrogens with zero attached hydrogens (tertiary/aromatic N) is 3. The quantitative estimate of drug-likeness (QED) is 0.802. The number of aromatic nitrogens is 1. The van der Waals surface area contributed by atoms with Gasteiger partial charge in [0.25, 0.3) is 0 Å². The van der Waals surface area contributed by atoms with Crippen LogP contribution in [0.2, 0.25) is 0 Å². The van der Waals surface area contributed by atoms with Crippen molar-refractivity contribution in [3.8, 4) is 0 Å². The Balaban J connectivity index is 2.71. The highest BCUT2D eigenvalue weighted by atomic mass is 32.2. The molecule has 0 unspecified atom stereocenters. The molecule has 1 heterocycles. The summed E-state index contributed by atoms with van der Waals surface area (Å²) in [5, 5.41) is 0. The fourth-order valence-corrected chi connectivity index (χ4v) is 2.61. The maximum Gasteiger partial charge on any atom is 0.244 e. The summed E-state index contributed by atoms with van der Waals surface area (Å²) in [6, 6.07) is 2.96. The van der Waals surface area contributed by atoms with Crippen LogP contribution in [0.4, 0.5) is 5.82 Å². The molecule has 1 aromatic heterocycles. The van der Waals surface area contributed by atoms with Gasteiger partial charge in [-0.1, -0.05) is 0 Å². The Hall–Kier alpha value is -1.18. The van der Waals surface area contributed by atoms with Crippen LogP contribution in [0.25, 0.3) is 0 Å². The highest BCUT2D eigenvalue weighted by molar-refractivity contribution is 7.89. The van der Waals surface area contributed by atoms with Crippen LogP contribution in [0.5, 0.6) is 0 Å². The molecule has 0 spiro atoms. The van der Waals surface area contributed by atoms with Crippen LogP contribution in [0.15, 0.2) is 23.2 Å². The van der Waals surface area contributed by atoms with E-state index in [1.54, 1.807) is 7.05 Å². The second kappa shape index (κ2) is 6.12. The minimum absolute atomic E-state index is 0.170. The molecule has 1 rings (SSSR count). The van der Waals surface area contributed by atoms with Crippen molar-refractivity contribution in [2.24, 2.45) is 0 Å². The molecule has 0 aromatic carbocycles. The van der Waals surface area contributed by atoms with Crippen molar-refractivity contribution in [2.75, 3.05) is 40.0 Å². The van der Waals surface area contributed by atoms with Gasteiger partial charge in [0.2, 0.25) is 10.0 Å². The number of nitrogen functional groups attached to an aromatic ring is 1. The number of hydrogen-bond donors (Lipinski definition) is 1. The summed E-state index contributed by atoms with van der Waals surface area (Å²) < 4.78 is 25.6. The van der Waals surface area contributed by atoms with E-state index in [0.29, 0.717) is 12.4 Å². The summed E-state index contributed by atoms with van der Waals surface area (Å²) in [5.41, 5.74) is 5.43. The summed E-state index contributed by atoms with van der Waals surface area (Å²) in [7, 11) is 2.03. The second-order valence-corrected chi connectivity index (χ2v) is 6.45. The third-order valence-corrected chi connectivity index (χ3v) is 4.39. The van der Waals surface area contributed by atoms with Crippen molar-refractivity contribution in [2.45, 2.75) is 11.3 Å². The summed E-state index contributed by atoms with van der Waals surface area (Å²) >= 11 is 0. The molecule has 0 bridgehead atoms. The fraction of sp³-hybridized carbons (Fsp3) is 0.545. The van der Waals surface area contributed by atoms with Gasteiger partial charge in [-0.2, -0.15) is 0 Å². The Kier molecular flexibility index (Phi) is 5.06. The molecule has 0 fully saturated rings. The molecule has 102 valence electrons. The van der Waals surface area contributed by atoms with Gasteiger partial charge < -0.3 is 10.6 Å². The zero-order valence-corrected chi connectivity index (χ0v) is 11.8. The highest BCUT2D eigenvalue weighted by Crippen LogP contribution is 2.14. The van der Waals surface area contributed by atoms with Gasteiger partial charge in [-0.05, 0) is 39.2 Å². The van der Waals surface area contributed by atoms with Crippen molar-refractivity contribution in [3.05, 3.63) is 18.3 Å². The van der Waals surface area contributed by atoms with Crippen LogP contribution in [0.1, 0.15) is 6.42 Å². The normalized spacial score (nSPS) is 12.3. The topological polar surface area (TPSA) is 79.5 Å². The van der Waals surface area contributed by atoms with Gasteiger partial charge in [0.1, 0.15) is 10.7 Å². The average molecular weight is 272 g/mol. The number of rotatable bonds is 6. The second-order valence-electron chi connectivity index (χ2n) is 4.40. The lowest BCUT2D eigenvalue weighted by Gasteiger charge is -2.18. The summed E-state index contributed by atoms with van der Waals surface area (Å²) in [6.45, 7) is 1.32. The zero-order chi connectivity index (χ0) is 13.8. The Bertz CT molecular complexity index is 470. The van der Waals surface area contributed by atoms with Gasteiger partial charge in [-0.15, -0.1) is 0 Å². The van der Waals surface area contributed by atoms with Crippen LogP contribution in [-0.4, -0.2) is 56.8 Å². The third kappa shape index (κ3) is 3.94. The van der Waals surface area contributed by atoms with E-state index in [4.69, 9.17) is 5.73 Å². The Labute approximate surface area is 108 Å². The molecule has 0 aliphatic heterocycles. The van der Waals surface area contributed by atoms with Crippen molar-refractivity contribution < 1.29 is 8.42 Å². The molecule has 6 nitrogen and oxygen atoms in total. The SMILES string of the molecule is CN(C)CCCN(C)S(=O)(=O)c1ccc(N)nc1. The van der Waals surface area contributed by atoms with Gasteiger partial charge in [0.15, 0.2) is 0 Å². The zero-order valence-electron chi connectivity index (χ0n) is 11.0. The van der Waals surface area contributed by atoms with E-state index in [1.165, 1.54) is 22.6 Å². The molecular formula is C11H20N4O2S. The molecule has 0 aliphatic rings. The molecule has 18 heavy (non-hydrogen) atoms. The molecular weight excluding hydrogens is 252 g/mol. The minimum Gasteiger partial charge on any atom is -0.384 e. The van der Waals surface area contributed by atoms with E-state index >= 15 is 0 Å². The first-order valence-electron chi connectivity index (χ1n) is 5.66. The molecule has 0 saturated carbocycles. The van der Waals surface area contributed by atoms with E-state index < -0.39 is 10.0 Å². The predicted octanol–water partition coefficient (Wildman–Crippen LogP) is 0.236. The molecule has 0 saturated heterocycles. The first-order valence-corrected chi connectivity index (χ1v) is 7.10. The third-order valence-electron chi connectivity index (χ3n) is 2.55. The highest BCUT2D eigenvalue weighted by Gasteiger charge is 2.20. The Morgan fingerprint density at radius 3 is 2.39 bits per heavy atom. The number of hydrogen-bond acceptors (Lipinski definition) is 5. The van der Waals surface area contributed by atoms with Gasteiger partial charge in [-0.25, -0.2) is 17.7 Å². The molecule has 7 heteroatoms. The van der Waals surface area contributed by atoms with E-state index in [9.17, 15) is 8.42 Å². The summed E-state index contributed by atoms with van der Waals surface area (Å²) in [5.74, 6) is 0.309. The summed E-state index contributed by atoms with van der Waals surface area (Å²) in [6.07, 6.45) is 2.07. The van der Waals surface area contributed by atoms with Crippen molar-refractivity contribution >= 4 is 15.8 Å². The fourth-order valence-electron chi connectivity index (χ4n) is 1.45. The number of anilines is 1. The molecule has 2 N–H and O–H groups in total. The maximum absolute atomic E-state index is 12.2. The van der Waals surface area contributed by atoms with Gasteiger partial charge in [-0.3, -0.25) is 0 Å². The number of pyridine rings is 1. The molecule has 0 aliphatic carbocycles. The van der Waals surface area contributed by atoms with Gasteiger partial charge in [0.05, 0.1) is 0 Å². The standard InChI is InChI=1S/C11H20N4O2S/c1-14(2)7-4-8-15(3)18(16,17)10-5-6-11(12)13-9-10/h5-6,9H,4,7-8H2,1-3H3,(H2,12,13). The molecule has 0 radical (unpaired) electrons. The smallest absolute Gasteiger partial charge is 0.244 e. The van der Waals surface area contributed by atoms with Crippen LogP contribution in [0, 0.1) is 0 Å². The Morgan fingerprint density at radius 1 is 1.22 bits per heavy atom. The molecule has 0 amide bonds. The molecule has 1 aromatic rings. The van der Waals surface area contributed by atoms with Gasteiger partial charge in [0, 0.05) is 19.8 Å². The van der Waals surface area contributed by atoms with Crippen molar-refractivity contribution in [3.63, 3.8) is 0 Å². The maximum atomic E-state index is 12.2. The van der Waals surface area contributed by atoms with E-state index in [2.05, 4.69) is 4.98 Å². The largest absolute Gasteiger partial charge is 0.384 e. The van der Waals surface area contributed by atoms with E-state index in [0.717, 1.165) is 13.0 Å². The Morgan fingerprint density at radius 2 is 1.89 bits per heavy atom. The first kappa shape index (κ1) is 14.9. The summed E-state index contributed by atoms with van der Waals surface area (Å²) in [4.78, 5) is 5.99. The number of nitrogens with two attached hydrogens (primary N) is 1. The van der Waals surface area contributed by atoms with Crippen LogP contribution in [-0.2, 0) is 10.0 Å². The van der Waals surface area contributed by atoms with Crippen molar-refractivity contribution in [1.29, 1.82) is 0 Å². The van der Waals surface area contributed by atoms with Crippen LogP contribution < -0.4 is 5.73 Å². The van der Waals surface area contributed by atoms with Gasteiger partial charge >= 0.3 is 0 Å². The molecule has 0 atom stereocenters.